The zero-order valence-corrected chi connectivity index (χ0v) is 11.9. The predicted octanol–water partition coefficient (Wildman–Crippen LogP) is -0.560. The maximum atomic E-state index is 11.8. The van der Waals surface area contributed by atoms with Crippen molar-refractivity contribution in [2.45, 2.75) is 39.4 Å². The second kappa shape index (κ2) is 6.85. The molecule has 1 heterocycles. The molecule has 0 aromatic carbocycles. The standard InChI is InChI=1S/C13H21N5O2/c1-7(14)12(19)18-9(3)13(20)16-6-10-4-5-11(15)17-8(10)2/h4-5,7,9H,6,14H2,1-3H3,(H2,15,17)(H,16,20)(H,18,19)/t7-,9+/m1/s1. The van der Waals surface area contributed by atoms with Crippen LogP contribution in [0.15, 0.2) is 12.1 Å². The first kappa shape index (κ1) is 15.9. The smallest absolute Gasteiger partial charge is 0.242 e. The number of pyridine rings is 1. The van der Waals surface area contributed by atoms with Crippen LogP contribution in [-0.4, -0.2) is 28.9 Å². The van der Waals surface area contributed by atoms with Gasteiger partial charge in [-0.1, -0.05) is 6.07 Å². The van der Waals surface area contributed by atoms with Gasteiger partial charge in [0, 0.05) is 12.2 Å². The van der Waals surface area contributed by atoms with Crippen LogP contribution in [0.2, 0.25) is 0 Å². The molecule has 110 valence electrons. The summed E-state index contributed by atoms with van der Waals surface area (Å²) in [5.41, 5.74) is 12.6. The van der Waals surface area contributed by atoms with Crippen LogP contribution >= 0.6 is 0 Å². The van der Waals surface area contributed by atoms with E-state index in [-0.39, 0.29) is 11.8 Å². The molecule has 1 aromatic heterocycles. The molecule has 0 fully saturated rings. The third kappa shape index (κ3) is 4.51. The lowest BCUT2D eigenvalue weighted by molar-refractivity contribution is -0.129. The Morgan fingerprint density at radius 2 is 1.95 bits per heavy atom. The van der Waals surface area contributed by atoms with Crippen LogP contribution in [0.3, 0.4) is 0 Å². The first-order valence-electron chi connectivity index (χ1n) is 6.37. The number of nitrogens with one attached hydrogen (secondary N) is 2. The fourth-order valence-electron chi connectivity index (χ4n) is 1.54. The molecule has 0 saturated heterocycles. The summed E-state index contributed by atoms with van der Waals surface area (Å²) in [7, 11) is 0. The van der Waals surface area contributed by atoms with Crippen molar-refractivity contribution in [3.05, 3.63) is 23.4 Å². The molecule has 20 heavy (non-hydrogen) atoms. The van der Waals surface area contributed by atoms with Crippen molar-refractivity contribution in [2.75, 3.05) is 5.73 Å². The molecule has 0 spiro atoms. The van der Waals surface area contributed by atoms with Gasteiger partial charge in [-0.25, -0.2) is 4.98 Å². The number of hydrogen-bond acceptors (Lipinski definition) is 5. The van der Waals surface area contributed by atoms with Gasteiger partial charge in [0.25, 0.3) is 0 Å². The molecular weight excluding hydrogens is 258 g/mol. The Morgan fingerprint density at radius 3 is 2.50 bits per heavy atom. The minimum absolute atomic E-state index is 0.282. The Morgan fingerprint density at radius 1 is 1.30 bits per heavy atom. The number of hydrogen-bond donors (Lipinski definition) is 4. The number of anilines is 1. The van der Waals surface area contributed by atoms with E-state index in [0.717, 1.165) is 11.3 Å². The summed E-state index contributed by atoms with van der Waals surface area (Å²) in [5.74, 6) is -0.205. The van der Waals surface area contributed by atoms with E-state index in [0.29, 0.717) is 12.4 Å². The highest BCUT2D eigenvalue weighted by atomic mass is 16.2. The highest BCUT2D eigenvalue weighted by molar-refractivity contribution is 5.89. The molecule has 1 rings (SSSR count). The summed E-state index contributed by atoms with van der Waals surface area (Å²) in [6.07, 6.45) is 0. The minimum atomic E-state index is -0.645. The molecule has 7 nitrogen and oxygen atoms in total. The largest absolute Gasteiger partial charge is 0.384 e. The molecule has 2 atom stereocenters. The molecule has 0 unspecified atom stereocenters. The third-order valence-corrected chi connectivity index (χ3v) is 2.84. The van der Waals surface area contributed by atoms with Crippen molar-refractivity contribution in [2.24, 2.45) is 5.73 Å². The van der Waals surface area contributed by atoms with Crippen LogP contribution < -0.4 is 22.1 Å². The van der Waals surface area contributed by atoms with E-state index in [4.69, 9.17) is 11.5 Å². The normalized spacial score (nSPS) is 13.4. The molecule has 0 radical (unpaired) electrons. The highest BCUT2D eigenvalue weighted by Crippen LogP contribution is 2.07. The van der Waals surface area contributed by atoms with Crippen LogP contribution in [0, 0.1) is 6.92 Å². The van der Waals surface area contributed by atoms with E-state index in [1.165, 1.54) is 0 Å². The van der Waals surface area contributed by atoms with Crippen molar-refractivity contribution in [3.8, 4) is 0 Å². The quantitative estimate of drug-likeness (QED) is 0.575. The van der Waals surface area contributed by atoms with Crippen LogP contribution in [0.25, 0.3) is 0 Å². The van der Waals surface area contributed by atoms with Gasteiger partial charge in [-0.05, 0) is 32.4 Å². The number of nitrogens with two attached hydrogens (primary N) is 2. The number of aryl methyl sites for hydroxylation is 1. The Kier molecular flexibility index (Phi) is 5.45. The summed E-state index contributed by atoms with van der Waals surface area (Å²) in [6.45, 7) is 5.31. The fourth-order valence-corrected chi connectivity index (χ4v) is 1.54. The Hall–Kier alpha value is -2.15. The highest BCUT2D eigenvalue weighted by Gasteiger charge is 2.17. The van der Waals surface area contributed by atoms with E-state index in [1.54, 1.807) is 19.9 Å². The molecule has 0 bridgehead atoms. The molecule has 0 aliphatic carbocycles. The average Bonchev–Trinajstić information content (AvgIpc) is 2.37. The van der Waals surface area contributed by atoms with Crippen molar-refractivity contribution in [1.82, 2.24) is 15.6 Å². The molecule has 0 aliphatic heterocycles. The van der Waals surface area contributed by atoms with Crippen molar-refractivity contribution >= 4 is 17.6 Å². The topological polar surface area (TPSA) is 123 Å². The second-order valence-electron chi connectivity index (χ2n) is 4.72. The summed E-state index contributed by atoms with van der Waals surface area (Å²) in [4.78, 5) is 27.3. The Labute approximate surface area is 118 Å². The lowest BCUT2D eigenvalue weighted by Gasteiger charge is -2.16. The maximum Gasteiger partial charge on any atom is 0.242 e. The number of nitrogens with zero attached hydrogens (tertiary/aromatic N) is 1. The lowest BCUT2D eigenvalue weighted by atomic mass is 10.2. The monoisotopic (exact) mass is 279 g/mol. The fraction of sp³-hybridized carbons (Fsp3) is 0.462. The van der Waals surface area contributed by atoms with Gasteiger partial charge in [0.1, 0.15) is 11.9 Å². The first-order valence-corrected chi connectivity index (χ1v) is 6.37. The van der Waals surface area contributed by atoms with Gasteiger partial charge in [0.05, 0.1) is 6.04 Å². The van der Waals surface area contributed by atoms with E-state index in [9.17, 15) is 9.59 Å². The van der Waals surface area contributed by atoms with Crippen molar-refractivity contribution in [1.29, 1.82) is 0 Å². The van der Waals surface area contributed by atoms with Gasteiger partial charge in [-0.2, -0.15) is 0 Å². The molecule has 2 amide bonds. The van der Waals surface area contributed by atoms with Crippen LogP contribution in [0.5, 0.6) is 0 Å². The summed E-state index contributed by atoms with van der Waals surface area (Å²) in [6, 6.07) is 2.20. The van der Waals surface area contributed by atoms with Gasteiger partial charge in [-0.3, -0.25) is 9.59 Å². The maximum absolute atomic E-state index is 11.8. The number of amides is 2. The number of carbonyl (C=O) groups excluding carboxylic acids is 2. The van der Waals surface area contributed by atoms with E-state index in [1.807, 2.05) is 13.0 Å². The zero-order valence-electron chi connectivity index (χ0n) is 11.9. The zero-order chi connectivity index (χ0) is 15.3. The average molecular weight is 279 g/mol. The second-order valence-corrected chi connectivity index (χ2v) is 4.72. The molecule has 6 N–H and O–H groups in total. The lowest BCUT2D eigenvalue weighted by Crippen LogP contribution is -2.49. The van der Waals surface area contributed by atoms with Crippen molar-refractivity contribution in [3.63, 3.8) is 0 Å². The van der Waals surface area contributed by atoms with Crippen LogP contribution in [-0.2, 0) is 16.1 Å². The molecule has 1 aromatic rings. The van der Waals surface area contributed by atoms with Crippen molar-refractivity contribution < 1.29 is 9.59 Å². The number of carbonyl (C=O) groups is 2. The van der Waals surface area contributed by atoms with E-state index >= 15 is 0 Å². The summed E-state index contributed by atoms with van der Waals surface area (Å²) in [5, 5.41) is 5.26. The number of nitrogen functional groups attached to an aromatic ring is 1. The first-order chi connectivity index (χ1) is 9.31. The Balaban J connectivity index is 2.52. The molecule has 7 heteroatoms. The summed E-state index contributed by atoms with van der Waals surface area (Å²) < 4.78 is 0. The SMILES string of the molecule is Cc1nc(N)ccc1CNC(=O)[C@H](C)NC(=O)[C@@H](C)N. The van der Waals surface area contributed by atoms with Gasteiger partial charge in [-0.15, -0.1) is 0 Å². The Bertz CT molecular complexity index is 502. The van der Waals surface area contributed by atoms with E-state index in [2.05, 4.69) is 15.6 Å². The van der Waals surface area contributed by atoms with Gasteiger partial charge in [0.2, 0.25) is 11.8 Å². The minimum Gasteiger partial charge on any atom is -0.384 e. The molecule has 0 aliphatic rings. The van der Waals surface area contributed by atoms with Crippen LogP contribution in [0.4, 0.5) is 5.82 Å². The third-order valence-electron chi connectivity index (χ3n) is 2.84. The predicted molar refractivity (Wildman–Crippen MR) is 76.5 cm³/mol. The summed E-state index contributed by atoms with van der Waals surface area (Å²) >= 11 is 0. The van der Waals surface area contributed by atoms with E-state index < -0.39 is 12.1 Å². The van der Waals surface area contributed by atoms with Crippen LogP contribution in [0.1, 0.15) is 25.1 Å². The number of aromatic nitrogens is 1. The molecule has 0 saturated carbocycles. The number of rotatable bonds is 5. The van der Waals surface area contributed by atoms with Gasteiger partial charge < -0.3 is 22.1 Å². The van der Waals surface area contributed by atoms with Gasteiger partial charge >= 0.3 is 0 Å². The van der Waals surface area contributed by atoms with Gasteiger partial charge in [0.15, 0.2) is 0 Å². The molecular formula is C13H21N5O2.